The molecule has 0 saturated carbocycles. The molecule has 40 nitrogen and oxygen atoms in total. The van der Waals surface area contributed by atoms with Crippen molar-refractivity contribution in [1.29, 1.82) is 0 Å². The lowest BCUT2D eigenvalue weighted by atomic mass is 9.93. The summed E-state index contributed by atoms with van der Waals surface area (Å²) in [5.41, 5.74) is 0. The minimum Gasteiger partial charge on any atom is -0.394 e. The Balaban J connectivity index is 1.14. The Morgan fingerprint density at radius 1 is 0.378 bits per heavy atom. The third-order valence-electron chi connectivity index (χ3n) is 16.3. The maximum absolute atomic E-state index is 13.1. The van der Waals surface area contributed by atoms with Crippen LogP contribution < -0.4 is 16.0 Å². The van der Waals surface area contributed by atoms with Crippen LogP contribution in [0.5, 0.6) is 0 Å². The molecule has 0 aromatic rings. The lowest BCUT2D eigenvalue weighted by molar-refractivity contribution is -0.392. The summed E-state index contributed by atoms with van der Waals surface area (Å²) < 4.78 is 81.9. The van der Waals surface area contributed by atoms with Gasteiger partial charge in [0.05, 0.1) is 65.0 Å². The fourth-order valence-corrected chi connectivity index (χ4v) is 11.3. The molecule has 0 spiro atoms. The van der Waals surface area contributed by atoms with Crippen molar-refractivity contribution in [3.8, 4) is 0 Å². The Morgan fingerprint density at radius 3 is 1.22 bits per heavy atom. The first-order valence-electron chi connectivity index (χ1n) is 28.7. The first-order valence-corrected chi connectivity index (χ1v) is 28.7. The smallest absolute Gasteiger partial charge is 0.217 e. The van der Waals surface area contributed by atoms with Crippen LogP contribution in [0.15, 0.2) is 0 Å². The molecule has 40 heteroatoms. The summed E-state index contributed by atoms with van der Waals surface area (Å²) in [6, 6.07) is -4.71. The number of ether oxygens (including phenoxy) is 14. The SMILES string of the molecule is CC(=O)N[C@H]1[C@H](O[C@H]2[C@@H](O)[C@@H](CO)O[C@@H](O[C@H]3[C@@H](O)[C@@H](CO)O[C@@H](O[C@@H]4[C@H](O)[C@@H](O)[C@H](O[C@H]5[C@H](O)[C@@H](O)[C@H](OC[C@@H](CO)NC=O)O[C@@H]5CO)O[C@@H]4CO)[C@@H]3NC(C)=O)[C@@H]2O)O[C@H](CO)[C@@H](O[C@@H]2O[C@H](CO)[C@H](O)[C@H](O)[C@H]2O)[C@@H]1O[C@@H]1O[C@@H](C)[C@@H](O)[C@@H](O)[C@@H]1O. The van der Waals surface area contributed by atoms with E-state index in [2.05, 4.69) is 16.0 Å². The summed E-state index contributed by atoms with van der Waals surface area (Å²) in [5.74, 6) is -1.83. The molecular weight excluding hydrogens is 1230 g/mol. The van der Waals surface area contributed by atoms with Crippen molar-refractivity contribution in [1.82, 2.24) is 16.0 Å². The van der Waals surface area contributed by atoms with E-state index in [1.807, 2.05) is 0 Å². The van der Waals surface area contributed by atoms with Gasteiger partial charge in [0.25, 0.3) is 0 Å². The number of rotatable bonds is 26. The van der Waals surface area contributed by atoms with Crippen molar-refractivity contribution in [2.24, 2.45) is 0 Å². The van der Waals surface area contributed by atoms with Crippen molar-refractivity contribution in [3.05, 3.63) is 0 Å². The number of nitrogens with one attached hydrogen (secondary N) is 3. The van der Waals surface area contributed by atoms with Crippen LogP contribution in [-0.2, 0) is 80.7 Å². The lowest BCUT2D eigenvalue weighted by Gasteiger charge is -2.52. The highest BCUT2D eigenvalue weighted by Crippen LogP contribution is 2.39. The summed E-state index contributed by atoms with van der Waals surface area (Å²) >= 11 is 0. The van der Waals surface area contributed by atoms with Crippen LogP contribution >= 0.6 is 0 Å². The van der Waals surface area contributed by atoms with E-state index in [9.17, 15) is 117 Å². The molecule has 23 N–H and O–H groups in total. The van der Waals surface area contributed by atoms with Crippen molar-refractivity contribution in [2.75, 3.05) is 52.9 Å². The Hall–Kier alpha value is -2.95. The largest absolute Gasteiger partial charge is 0.394 e. The van der Waals surface area contributed by atoms with E-state index in [1.54, 1.807) is 0 Å². The van der Waals surface area contributed by atoms with Gasteiger partial charge < -0.3 is 184 Å². The predicted molar refractivity (Wildman–Crippen MR) is 277 cm³/mol. The van der Waals surface area contributed by atoms with Gasteiger partial charge in [-0.25, -0.2) is 0 Å². The summed E-state index contributed by atoms with van der Waals surface area (Å²) in [5, 5.41) is 224. The molecule has 0 bridgehead atoms. The Labute approximate surface area is 510 Å². The van der Waals surface area contributed by atoms with Gasteiger partial charge in [-0.3, -0.25) is 14.4 Å². The molecule has 7 rings (SSSR count). The zero-order valence-corrected chi connectivity index (χ0v) is 48.4. The Kier molecular flexibility index (Phi) is 27.4. The van der Waals surface area contributed by atoms with Crippen LogP contribution in [-0.4, -0.2) is 394 Å². The van der Waals surface area contributed by atoms with Crippen LogP contribution in [0, 0.1) is 0 Å². The monoisotopic (exact) mass is 1320 g/mol. The number of aliphatic hydroxyl groups is 20. The molecule has 0 aliphatic carbocycles. The maximum Gasteiger partial charge on any atom is 0.217 e. The van der Waals surface area contributed by atoms with E-state index in [-0.39, 0.29) is 6.41 Å². The van der Waals surface area contributed by atoms with Crippen molar-refractivity contribution < 1.29 is 183 Å². The highest BCUT2D eigenvalue weighted by molar-refractivity contribution is 5.73. The van der Waals surface area contributed by atoms with E-state index in [0.717, 1.165) is 13.8 Å². The second-order valence-electron chi connectivity index (χ2n) is 22.5. The normalized spacial score (nSPS) is 48.1. The molecule has 7 saturated heterocycles. The van der Waals surface area contributed by atoms with Crippen molar-refractivity contribution in [3.63, 3.8) is 0 Å². The highest BCUT2D eigenvalue weighted by atomic mass is 16.8. The molecule has 7 aliphatic rings. The molecule has 36 atom stereocenters. The fourth-order valence-electron chi connectivity index (χ4n) is 11.3. The number of carbonyl (C=O) groups is 3. The first kappa shape index (κ1) is 74.4. The quantitative estimate of drug-likeness (QED) is 0.0358. The fraction of sp³-hybridized carbons (Fsp3) is 0.940. The average Bonchev–Trinajstić information content (AvgIpc) is 2.13. The third-order valence-corrected chi connectivity index (χ3v) is 16.3. The second-order valence-corrected chi connectivity index (χ2v) is 22.5. The number of amides is 3. The highest BCUT2D eigenvalue weighted by Gasteiger charge is 2.60. The molecule has 7 heterocycles. The van der Waals surface area contributed by atoms with Gasteiger partial charge in [-0.1, -0.05) is 0 Å². The summed E-state index contributed by atoms with van der Waals surface area (Å²) in [6.07, 6.45) is -63.9. The molecule has 0 aromatic carbocycles. The second kappa shape index (κ2) is 33.1. The van der Waals surface area contributed by atoms with Crippen LogP contribution in [0.4, 0.5) is 0 Å². The van der Waals surface area contributed by atoms with Crippen LogP contribution in [0.3, 0.4) is 0 Å². The summed E-state index contributed by atoms with van der Waals surface area (Å²) in [7, 11) is 0. The zero-order valence-electron chi connectivity index (χ0n) is 48.4. The van der Waals surface area contributed by atoms with Crippen molar-refractivity contribution >= 4 is 18.2 Å². The Bertz CT molecular complexity index is 2220. The van der Waals surface area contributed by atoms with Gasteiger partial charge in [0.1, 0.15) is 165 Å². The van der Waals surface area contributed by atoms with Gasteiger partial charge in [0.15, 0.2) is 44.0 Å². The van der Waals surface area contributed by atoms with Crippen molar-refractivity contribution in [2.45, 2.75) is 242 Å². The zero-order chi connectivity index (χ0) is 66.3. The molecule has 7 fully saturated rings. The van der Waals surface area contributed by atoms with E-state index >= 15 is 0 Å². The molecule has 522 valence electrons. The van der Waals surface area contributed by atoms with Gasteiger partial charge in [0, 0.05) is 13.8 Å². The topological polar surface area (TPSA) is 621 Å². The molecule has 7 aliphatic heterocycles. The van der Waals surface area contributed by atoms with E-state index < -0.39 is 286 Å². The Morgan fingerprint density at radius 2 is 0.722 bits per heavy atom. The standard InChI is InChI=1S/C50H85N3O37/c1-13-25(64)29(68)33(72)47(78-13)89-42-24(53-15(3)63)45(82-22(10-60)40(42)87-48-34(73)30(69)26(65)17(5-55)80-48)90-43-28(67)19(7-57)81-50(37(43)76)88-41-23(52-14(2)62)44(79-18(6-56)27(41)66)85-38-21(9-59)84-49(36(75)32(38)71)86-39-20(8-58)83-46(35(74)31(39)70)77-11-16(4-54)51-12-61/h12-13,16-50,54-60,64-76H,4-11H2,1-3H3,(H,51,61)(H,52,62)(H,53,63)/t13-,16+,17+,18+,19+,20+,21+,22+,23+,24+,25+,26-,27-,28-,29+,30-,31+,32+,33-,34+,35+,36+,37+,38-,39+,40+,41+,42+,43-,44-,45-,46+,47-,48-,49-,50-/m0/s1. The molecule has 90 heavy (non-hydrogen) atoms. The molecule has 0 aromatic heterocycles. The third kappa shape index (κ3) is 16.5. The lowest BCUT2D eigenvalue weighted by Crippen LogP contribution is -2.71. The average molecular weight is 1320 g/mol. The summed E-state index contributed by atoms with van der Waals surface area (Å²) in [4.78, 5) is 37.0. The van der Waals surface area contributed by atoms with Crippen LogP contribution in [0.25, 0.3) is 0 Å². The molecule has 0 unspecified atom stereocenters. The minimum atomic E-state index is -2.36. The number of hydrogen-bond donors (Lipinski definition) is 23. The number of carbonyl (C=O) groups excluding carboxylic acids is 3. The molecular formula is C50H85N3O37. The van der Waals surface area contributed by atoms with Gasteiger partial charge in [0.2, 0.25) is 18.2 Å². The van der Waals surface area contributed by atoms with Gasteiger partial charge in [-0.15, -0.1) is 0 Å². The molecule has 0 radical (unpaired) electrons. The maximum atomic E-state index is 13.1. The number of hydrogen-bond acceptors (Lipinski definition) is 37. The van der Waals surface area contributed by atoms with E-state index in [4.69, 9.17) is 66.3 Å². The summed E-state index contributed by atoms with van der Waals surface area (Å²) in [6.45, 7) is -4.07. The number of aliphatic hydroxyl groups excluding tert-OH is 20. The molecule has 3 amide bonds. The van der Waals surface area contributed by atoms with Crippen LogP contribution in [0.1, 0.15) is 20.8 Å². The van der Waals surface area contributed by atoms with Gasteiger partial charge >= 0.3 is 0 Å². The van der Waals surface area contributed by atoms with Crippen LogP contribution in [0.2, 0.25) is 0 Å². The van der Waals surface area contributed by atoms with E-state index in [0.29, 0.717) is 0 Å². The van der Waals surface area contributed by atoms with Gasteiger partial charge in [-0.05, 0) is 6.92 Å². The predicted octanol–water partition coefficient (Wildman–Crippen LogP) is -15.8. The first-order chi connectivity index (χ1) is 42.7. The van der Waals surface area contributed by atoms with E-state index in [1.165, 1.54) is 6.92 Å². The van der Waals surface area contributed by atoms with Gasteiger partial charge in [-0.2, -0.15) is 0 Å². The minimum absolute atomic E-state index is 0.270.